The monoisotopic (exact) mass is 380 g/mol. The van der Waals surface area contributed by atoms with E-state index in [4.69, 9.17) is 0 Å². The Bertz CT molecular complexity index is 1030. The first-order valence-electron chi connectivity index (χ1n) is 9.15. The molecule has 0 atom stereocenters. The van der Waals surface area contributed by atoms with E-state index in [9.17, 15) is 4.79 Å². The van der Waals surface area contributed by atoms with E-state index >= 15 is 0 Å². The van der Waals surface area contributed by atoms with Crippen molar-refractivity contribution in [3.05, 3.63) is 47.7 Å². The smallest absolute Gasteiger partial charge is 0.228 e. The van der Waals surface area contributed by atoms with Crippen LogP contribution in [0.4, 0.5) is 5.95 Å². The molecule has 0 bridgehead atoms. The Hall–Kier alpha value is -2.87. The summed E-state index contributed by atoms with van der Waals surface area (Å²) in [4.78, 5) is 30.5. The number of nitrogens with zero attached hydrogens (tertiary/aromatic N) is 5. The van der Waals surface area contributed by atoms with Crippen molar-refractivity contribution in [1.82, 2.24) is 24.3 Å². The quantitative estimate of drug-likeness (QED) is 0.593. The van der Waals surface area contributed by atoms with Crippen LogP contribution in [0.25, 0.3) is 16.0 Å². The Kier molecular flexibility index (Phi) is 4.05. The van der Waals surface area contributed by atoms with E-state index < -0.39 is 0 Å². The third kappa shape index (κ3) is 3.16. The van der Waals surface area contributed by atoms with Gasteiger partial charge in [-0.05, 0) is 18.6 Å². The standard InChI is InChI=1S/C19H20N6OS/c26-17(12-14-13-25-10-11-27-19(25)20-14)23-6-3-7-24(9-8-23)18-21-15-4-1-2-5-16(15)22-18/h1-2,4-5,10-11,13H,3,6-9,12H2,(H,21,22). The molecule has 1 N–H and O–H groups in total. The second kappa shape index (κ2) is 6.70. The summed E-state index contributed by atoms with van der Waals surface area (Å²) in [6.45, 7) is 3.16. The molecule has 3 aromatic heterocycles. The summed E-state index contributed by atoms with van der Waals surface area (Å²) in [7, 11) is 0. The third-order valence-electron chi connectivity index (χ3n) is 5.00. The number of benzene rings is 1. The molecule has 7 nitrogen and oxygen atoms in total. The topological polar surface area (TPSA) is 69.5 Å². The summed E-state index contributed by atoms with van der Waals surface area (Å²) in [5.41, 5.74) is 2.86. The fourth-order valence-electron chi connectivity index (χ4n) is 3.60. The van der Waals surface area contributed by atoms with Gasteiger partial charge in [-0.2, -0.15) is 0 Å². The zero-order valence-corrected chi connectivity index (χ0v) is 15.7. The number of anilines is 1. The van der Waals surface area contributed by atoms with Crippen LogP contribution in [0.5, 0.6) is 0 Å². The molecule has 1 amide bonds. The molecule has 0 spiro atoms. The van der Waals surface area contributed by atoms with E-state index in [1.165, 1.54) is 0 Å². The number of nitrogens with one attached hydrogen (secondary N) is 1. The lowest BCUT2D eigenvalue weighted by molar-refractivity contribution is -0.130. The first-order valence-corrected chi connectivity index (χ1v) is 10.0. The number of amides is 1. The van der Waals surface area contributed by atoms with Crippen molar-refractivity contribution >= 4 is 39.2 Å². The molecule has 0 saturated carbocycles. The number of aromatic amines is 1. The number of rotatable bonds is 3. The van der Waals surface area contributed by atoms with Crippen LogP contribution in [0.15, 0.2) is 42.0 Å². The van der Waals surface area contributed by atoms with Gasteiger partial charge in [-0.15, -0.1) is 11.3 Å². The Morgan fingerprint density at radius 1 is 1.15 bits per heavy atom. The van der Waals surface area contributed by atoms with Gasteiger partial charge in [-0.1, -0.05) is 12.1 Å². The summed E-state index contributed by atoms with van der Waals surface area (Å²) >= 11 is 1.58. The Labute approximate surface area is 160 Å². The number of hydrogen-bond donors (Lipinski definition) is 1. The molecule has 1 aromatic carbocycles. The van der Waals surface area contributed by atoms with Crippen LogP contribution in [-0.4, -0.2) is 56.3 Å². The molecule has 0 aliphatic carbocycles. The van der Waals surface area contributed by atoms with Gasteiger partial charge in [0.1, 0.15) is 0 Å². The van der Waals surface area contributed by atoms with Crippen molar-refractivity contribution in [3.63, 3.8) is 0 Å². The minimum Gasteiger partial charge on any atom is -0.341 e. The Morgan fingerprint density at radius 3 is 2.96 bits per heavy atom. The van der Waals surface area contributed by atoms with Gasteiger partial charge in [0.2, 0.25) is 11.9 Å². The van der Waals surface area contributed by atoms with Gasteiger partial charge >= 0.3 is 0 Å². The predicted octanol–water partition coefficient (Wildman–Crippen LogP) is 2.55. The van der Waals surface area contributed by atoms with Crippen molar-refractivity contribution < 1.29 is 4.79 Å². The van der Waals surface area contributed by atoms with E-state index in [2.05, 4.69) is 19.9 Å². The molecule has 138 valence electrons. The lowest BCUT2D eigenvalue weighted by atomic mass is 10.3. The predicted molar refractivity (Wildman–Crippen MR) is 106 cm³/mol. The maximum absolute atomic E-state index is 12.7. The van der Waals surface area contributed by atoms with Gasteiger partial charge in [0.25, 0.3) is 0 Å². The number of aromatic nitrogens is 4. The molecule has 1 saturated heterocycles. The molecule has 5 rings (SSSR count). The van der Waals surface area contributed by atoms with E-state index in [-0.39, 0.29) is 5.91 Å². The molecule has 4 aromatic rings. The molecule has 1 aliphatic rings. The molecule has 27 heavy (non-hydrogen) atoms. The first kappa shape index (κ1) is 16.3. The van der Waals surface area contributed by atoms with Crippen LogP contribution in [0.2, 0.25) is 0 Å². The van der Waals surface area contributed by atoms with Crippen molar-refractivity contribution in [3.8, 4) is 0 Å². The van der Waals surface area contributed by atoms with Crippen LogP contribution in [0, 0.1) is 0 Å². The van der Waals surface area contributed by atoms with Crippen LogP contribution < -0.4 is 4.90 Å². The highest BCUT2D eigenvalue weighted by atomic mass is 32.1. The maximum Gasteiger partial charge on any atom is 0.228 e. The first-order chi connectivity index (χ1) is 13.3. The zero-order valence-electron chi connectivity index (χ0n) is 14.8. The number of para-hydroxylation sites is 2. The van der Waals surface area contributed by atoms with E-state index in [1.54, 1.807) is 11.3 Å². The summed E-state index contributed by atoms with van der Waals surface area (Å²) in [6.07, 6.45) is 5.21. The minimum absolute atomic E-state index is 0.146. The number of carbonyl (C=O) groups is 1. The second-order valence-corrected chi connectivity index (χ2v) is 7.67. The highest BCUT2D eigenvalue weighted by Crippen LogP contribution is 2.19. The normalized spacial score (nSPS) is 15.6. The third-order valence-corrected chi connectivity index (χ3v) is 5.77. The molecule has 8 heteroatoms. The average Bonchev–Trinajstić information content (AvgIpc) is 3.31. The fraction of sp³-hybridized carbons (Fsp3) is 0.316. The van der Waals surface area contributed by atoms with Gasteiger partial charge in [0, 0.05) is 44.0 Å². The van der Waals surface area contributed by atoms with Crippen molar-refractivity contribution in [2.45, 2.75) is 12.8 Å². The highest BCUT2D eigenvalue weighted by Gasteiger charge is 2.21. The SMILES string of the molecule is O=C(Cc1cn2ccsc2n1)N1CCCN(c2nc3ccccc3[nH]2)CC1. The molecule has 4 heterocycles. The number of H-pyrrole nitrogens is 1. The number of hydrogen-bond acceptors (Lipinski definition) is 5. The number of thiazole rings is 1. The maximum atomic E-state index is 12.7. The van der Waals surface area contributed by atoms with Crippen molar-refractivity contribution in [2.75, 3.05) is 31.1 Å². The molecular formula is C19H20N6OS. The number of fused-ring (bicyclic) bond motifs is 2. The van der Waals surface area contributed by atoms with Crippen molar-refractivity contribution in [2.24, 2.45) is 0 Å². The minimum atomic E-state index is 0.146. The lowest BCUT2D eigenvalue weighted by Gasteiger charge is -2.21. The summed E-state index contributed by atoms with van der Waals surface area (Å²) < 4.78 is 1.97. The van der Waals surface area contributed by atoms with Gasteiger partial charge in [-0.3, -0.25) is 9.20 Å². The lowest BCUT2D eigenvalue weighted by Crippen LogP contribution is -2.36. The Morgan fingerprint density at radius 2 is 2.07 bits per heavy atom. The second-order valence-electron chi connectivity index (χ2n) is 6.80. The Balaban J connectivity index is 1.26. The van der Waals surface area contributed by atoms with Gasteiger partial charge in [0.15, 0.2) is 4.96 Å². The van der Waals surface area contributed by atoms with Crippen LogP contribution in [0.1, 0.15) is 12.1 Å². The van der Waals surface area contributed by atoms with Crippen molar-refractivity contribution in [1.29, 1.82) is 0 Å². The van der Waals surface area contributed by atoms with Gasteiger partial charge in [0.05, 0.1) is 23.1 Å². The van der Waals surface area contributed by atoms with Crippen LogP contribution >= 0.6 is 11.3 Å². The van der Waals surface area contributed by atoms with Crippen LogP contribution in [-0.2, 0) is 11.2 Å². The summed E-state index contributed by atoms with van der Waals surface area (Å²) in [5.74, 6) is 1.03. The molecule has 0 unspecified atom stereocenters. The summed E-state index contributed by atoms with van der Waals surface area (Å²) in [6, 6.07) is 8.05. The summed E-state index contributed by atoms with van der Waals surface area (Å²) in [5, 5.41) is 2.00. The molecular weight excluding hydrogens is 360 g/mol. The fourth-order valence-corrected chi connectivity index (χ4v) is 4.31. The molecule has 1 aliphatic heterocycles. The van der Waals surface area contributed by atoms with E-state index in [0.717, 1.165) is 53.7 Å². The highest BCUT2D eigenvalue weighted by molar-refractivity contribution is 7.15. The number of imidazole rings is 2. The average molecular weight is 380 g/mol. The van der Waals surface area contributed by atoms with Crippen LogP contribution in [0.3, 0.4) is 0 Å². The van der Waals surface area contributed by atoms with E-state index in [1.807, 2.05) is 51.3 Å². The largest absolute Gasteiger partial charge is 0.341 e. The number of carbonyl (C=O) groups excluding carboxylic acids is 1. The van der Waals surface area contributed by atoms with Gasteiger partial charge in [-0.25, -0.2) is 9.97 Å². The zero-order chi connectivity index (χ0) is 18.2. The van der Waals surface area contributed by atoms with E-state index in [0.29, 0.717) is 13.0 Å². The molecule has 0 radical (unpaired) electrons. The van der Waals surface area contributed by atoms with Gasteiger partial charge < -0.3 is 14.8 Å². The molecule has 1 fully saturated rings.